The highest BCUT2D eigenvalue weighted by Gasteiger charge is 2.26. The molecule has 3 aromatic rings. The third-order valence-corrected chi connectivity index (χ3v) is 4.86. The average Bonchev–Trinajstić information content (AvgIpc) is 2.67. The molecular formula is C16H11F2N7O7S. The van der Waals surface area contributed by atoms with Gasteiger partial charge in [-0.25, -0.2) is 0 Å². The number of halogens is 2. The number of hydrogen-bond donors (Lipinski definition) is 3. The molecule has 3 rings (SSSR count). The number of rotatable bonds is 7. The fourth-order valence-corrected chi connectivity index (χ4v) is 3.31. The Morgan fingerprint density at radius 3 is 2.18 bits per heavy atom. The van der Waals surface area contributed by atoms with E-state index in [0.717, 1.165) is 12.1 Å². The molecule has 0 aliphatic heterocycles. The van der Waals surface area contributed by atoms with E-state index < -0.39 is 59.5 Å². The molecule has 1 heterocycles. The Morgan fingerprint density at radius 1 is 0.939 bits per heavy atom. The van der Waals surface area contributed by atoms with Gasteiger partial charge in [0.25, 0.3) is 15.8 Å². The second kappa shape index (κ2) is 8.63. The zero-order valence-corrected chi connectivity index (χ0v) is 17.0. The normalized spacial score (nSPS) is 11.2. The van der Waals surface area contributed by atoms with Crippen LogP contribution in [0.5, 0.6) is 0 Å². The third-order valence-electron chi connectivity index (χ3n) is 3.96. The SMILES string of the molecule is Cc1nc(F)nc(Nc2ccc(Nc3cc(F)c([N+](=O)[O-])cc3[N+](=O)[O-])c(S(=O)(=O)O)c2)n1. The highest BCUT2D eigenvalue weighted by Crippen LogP contribution is 2.36. The molecule has 0 spiro atoms. The molecular weight excluding hydrogens is 472 g/mol. The predicted molar refractivity (Wildman–Crippen MR) is 107 cm³/mol. The standard InChI is InChI=1S/C16H11F2N7O7S/c1-7-19-15(18)23-16(20-7)21-8-2-3-10(14(4-8)33(30,31)32)22-11-5-9(17)12(24(26)27)6-13(11)25(28)29/h2-6,22H,1H3,(H,30,31,32)(H,19,20,21,23). The molecule has 172 valence electrons. The molecule has 0 amide bonds. The maximum absolute atomic E-state index is 14.0. The van der Waals surface area contributed by atoms with Crippen LogP contribution < -0.4 is 10.6 Å². The molecule has 0 saturated heterocycles. The topological polar surface area (TPSA) is 203 Å². The number of nitrogens with zero attached hydrogens (tertiary/aromatic N) is 5. The largest absolute Gasteiger partial charge is 0.349 e. The van der Waals surface area contributed by atoms with Crippen molar-refractivity contribution in [3.05, 3.63) is 68.3 Å². The van der Waals surface area contributed by atoms with Crippen molar-refractivity contribution < 1.29 is 31.6 Å². The molecule has 0 bridgehead atoms. The van der Waals surface area contributed by atoms with Crippen LogP contribution in [0.25, 0.3) is 0 Å². The lowest BCUT2D eigenvalue weighted by atomic mass is 10.2. The van der Waals surface area contributed by atoms with Gasteiger partial charge in [0.15, 0.2) is 0 Å². The summed E-state index contributed by atoms with van der Waals surface area (Å²) in [5.74, 6) is -1.69. The number of benzene rings is 2. The molecule has 14 nitrogen and oxygen atoms in total. The van der Waals surface area contributed by atoms with E-state index in [4.69, 9.17) is 0 Å². The van der Waals surface area contributed by atoms with Gasteiger partial charge in [-0.1, -0.05) is 0 Å². The Balaban J connectivity index is 2.06. The van der Waals surface area contributed by atoms with E-state index in [1.54, 1.807) is 0 Å². The van der Waals surface area contributed by atoms with Crippen molar-refractivity contribution in [2.45, 2.75) is 11.8 Å². The zero-order chi connectivity index (χ0) is 24.5. The van der Waals surface area contributed by atoms with Gasteiger partial charge in [0, 0.05) is 11.8 Å². The monoisotopic (exact) mass is 483 g/mol. The lowest BCUT2D eigenvalue weighted by Crippen LogP contribution is -2.08. The number of nitrogens with one attached hydrogen (secondary N) is 2. The minimum atomic E-state index is -4.95. The Bertz CT molecular complexity index is 1380. The molecule has 3 N–H and O–H groups in total. The van der Waals surface area contributed by atoms with E-state index in [1.165, 1.54) is 13.0 Å². The van der Waals surface area contributed by atoms with Gasteiger partial charge in [0.1, 0.15) is 16.4 Å². The first-order valence-electron chi connectivity index (χ1n) is 8.51. The molecule has 2 aromatic carbocycles. The fourth-order valence-electron chi connectivity index (χ4n) is 2.64. The quantitative estimate of drug-likeness (QED) is 0.252. The Kier molecular flexibility index (Phi) is 6.09. The van der Waals surface area contributed by atoms with Gasteiger partial charge in [-0.15, -0.1) is 0 Å². The highest BCUT2D eigenvalue weighted by molar-refractivity contribution is 7.86. The first-order chi connectivity index (χ1) is 15.3. The van der Waals surface area contributed by atoms with Crippen molar-refractivity contribution in [1.29, 1.82) is 0 Å². The zero-order valence-electron chi connectivity index (χ0n) is 16.2. The van der Waals surface area contributed by atoms with E-state index >= 15 is 0 Å². The smallest absolute Gasteiger partial charge is 0.313 e. The summed E-state index contributed by atoms with van der Waals surface area (Å²) < 4.78 is 60.7. The number of aromatic nitrogens is 3. The Hall–Kier alpha value is -4.38. The maximum Gasteiger partial charge on any atom is 0.313 e. The van der Waals surface area contributed by atoms with Crippen molar-refractivity contribution in [2.24, 2.45) is 0 Å². The second-order valence-electron chi connectivity index (χ2n) is 6.25. The molecule has 0 aliphatic carbocycles. The van der Waals surface area contributed by atoms with Crippen LogP contribution in [0.3, 0.4) is 0 Å². The van der Waals surface area contributed by atoms with Crippen LogP contribution in [0.15, 0.2) is 35.2 Å². The van der Waals surface area contributed by atoms with Gasteiger partial charge in [-0.05, 0) is 25.1 Å². The van der Waals surface area contributed by atoms with Crippen LogP contribution >= 0.6 is 0 Å². The number of hydrogen-bond acceptors (Lipinski definition) is 11. The van der Waals surface area contributed by atoms with Gasteiger partial charge in [0.05, 0.1) is 21.6 Å². The van der Waals surface area contributed by atoms with Crippen molar-refractivity contribution in [2.75, 3.05) is 10.6 Å². The predicted octanol–water partition coefficient (Wildman–Crippen LogP) is 3.01. The summed E-state index contributed by atoms with van der Waals surface area (Å²) in [6, 6.07) is 3.91. The fraction of sp³-hybridized carbons (Fsp3) is 0.0625. The summed E-state index contributed by atoms with van der Waals surface area (Å²) >= 11 is 0. The number of aryl methyl sites for hydroxylation is 1. The lowest BCUT2D eigenvalue weighted by molar-refractivity contribution is -0.395. The van der Waals surface area contributed by atoms with Gasteiger partial charge < -0.3 is 10.6 Å². The minimum Gasteiger partial charge on any atom is -0.349 e. The van der Waals surface area contributed by atoms with E-state index in [0.29, 0.717) is 12.1 Å². The Labute approximate surface area is 182 Å². The number of anilines is 4. The van der Waals surface area contributed by atoms with Crippen molar-refractivity contribution in [3.63, 3.8) is 0 Å². The van der Waals surface area contributed by atoms with Crippen LogP contribution in [0, 0.1) is 39.0 Å². The number of nitro benzene ring substituents is 2. The van der Waals surface area contributed by atoms with Crippen molar-refractivity contribution >= 4 is 44.5 Å². The minimum absolute atomic E-state index is 0.0193. The summed E-state index contributed by atoms with van der Waals surface area (Å²) in [5, 5.41) is 26.9. The summed E-state index contributed by atoms with van der Waals surface area (Å²) in [6.45, 7) is 1.38. The third kappa shape index (κ3) is 5.28. The molecule has 0 fully saturated rings. The van der Waals surface area contributed by atoms with E-state index in [1.807, 2.05) is 0 Å². The first kappa shape index (κ1) is 23.3. The summed E-state index contributed by atoms with van der Waals surface area (Å²) in [7, 11) is -4.95. The molecule has 33 heavy (non-hydrogen) atoms. The Morgan fingerprint density at radius 2 is 1.61 bits per heavy atom. The summed E-state index contributed by atoms with van der Waals surface area (Å²) in [4.78, 5) is 29.6. The molecule has 0 aliphatic rings. The van der Waals surface area contributed by atoms with Gasteiger partial charge >= 0.3 is 11.8 Å². The molecule has 0 radical (unpaired) electrons. The van der Waals surface area contributed by atoms with Crippen LogP contribution in [0.2, 0.25) is 0 Å². The van der Waals surface area contributed by atoms with Crippen molar-refractivity contribution in [1.82, 2.24) is 15.0 Å². The lowest BCUT2D eigenvalue weighted by Gasteiger charge is -2.13. The molecule has 17 heteroatoms. The van der Waals surface area contributed by atoms with E-state index in [-0.39, 0.29) is 17.5 Å². The van der Waals surface area contributed by atoms with E-state index in [9.17, 15) is 42.0 Å². The number of nitro groups is 2. The molecule has 0 unspecified atom stereocenters. The van der Waals surface area contributed by atoms with Crippen LogP contribution in [-0.2, 0) is 10.1 Å². The second-order valence-corrected chi connectivity index (χ2v) is 7.64. The maximum atomic E-state index is 14.0. The summed E-state index contributed by atoms with van der Waals surface area (Å²) in [5.41, 5.74) is -3.19. The average molecular weight is 483 g/mol. The van der Waals surface area contributed by atoms with Crippen molar-refractivity contribution in [3.8, 4) is 0 Å². The van der Waals surface area contributed by atoms with Gasteiger partial charge in [0.2, 0.25) is 11.8 Å². The van der Waals surface area contributed by atoms with Crippen LogP contribution in [0.1, 0.15) is 5.82 Å². The van der Waals surface area contributed by atoms with Crippen LogP contribution in [0.4, 0.5) is 43.2 Å². The highest BCUT2D eigenvalue weighted by atomic mass is 32.2. The van der Waals surface area contributed by atoms with Gasteiger partial charge in [-0.2, -0.15) is 32.2 Å². The molecule has 0 atom stereocenters. The van der Waals surface area contributed by atoms with E-state index in [2.05, 4.69) is 25.6 Å². The summed E-state index contributed by atoms with van der Waals surface area (Å²) in [6.07, 6.45) is -1.11. The first-order valence-corrected chi connectivity index (χ1v) is 9.95. The van der Waals surface area contributed by atoms with Gasteiger partial charge in [-0.3, -0.25) is 24.8 Å². The molecule has 0 saturated carbocycles. The van der Waals surface area contributed by atoms with Crippen LogP contribution in [-0.4, -0.2) is 37.8 Å². The molecule has 1 aromatic heterocycles.